The molecule has 1 amide bonds. The van der Waals surface area contributed by atoms with E-state index in [1.807, 2.05) is 0 Å². The summed E-state index contributed by atoms with van der Waals surface area (Å²) in [6, 6.07) is 0. The van der Waals surface area contributed by atoms with Gasteiger partial charge in [0.25, 0.3) is 0 Å². The molecule has 15 heavy (non-hydrogen) atoms. The summed E-state index contributed by atoms with van der Waals surface area (Å²) in [5.74, 6) is 0.622. The summed E-state index contributed by atoms with van der Waals surface area (Å²) in [6.45, 7) is 4.28. The zero-order valence-corrected chi connectivity index (χ0v) is 10.1. The van der Waals surface area contributed by atoms with Crippen LogP contribution in [0, 0.1) is 16.7 Å². The first kappa shape index (κ1) is 10.9. The lowest BCUT2D eigenvalue weighted by atomic mass is 9.67. The van der Waals surface area contributed by atoms with Gasteiger partial charge in [-0.25, -0.2) is 0 Å². The SMILES string of the molecule is CN(C)C(=O)[C@@]12CC[C@@H](C[C@H]1O)C2(C)C. The maximum absolute atomic E-state index is 12.3. The molecule has 0 unspecified atom stereocenters. The fourth-order valence-electron chi connectivity index (χ4n) is 3.85. The molecule has 0 aromatic heterocycles. The third-order valence-electron chi connectivity index (χ3n) is 4.92. The van der Waals surface area contributed by atoms with Gasteiger partial charge < -0.3 is 10.0 Å². The second kappa shape index (κ2) is 2.97. The maximum Gasteiger partial charge on any atom is 0.231 e. The lowest BCUT2D eigenvalue weighted by Crippen LogP contribution is -2.50. The molecule has 2 aliphatic rings. The Morgan fingerprint density at radius 1 is 1.40 bits per heavy atom. The predicted octanol–water partition coefficient (Wildman–Crippen LogP) is 1.26. The summed E-state index contributed by atoms with van der Waals surface area (Å²) >= 11 is 0. The van der Waals surface area contributed by atoms with Crippen LogP contribution in [0.25, 0.3) is 0 Å². The second-order valence-corrected chi connectivity index (χ2v) is 5.88. The molecule has 0 aliphatic heterocycles. The standard InChI is InChI=1S/C12H21NO2/c1-11(2)8-5-6-12(11,9(14)7-8)10(15)13(3)4/h8-9,14H,5-7H2,1-4H3/t8-,9+,12+/m0/s1. The average molecular weight is 211 g/mol. The lowest BCUT2D eigenvalue weighted by Gasteiger charge is -2.40. The van der Waals surface area contributed by atoms with Crippen molar-refractivity contribution in [3.8, 4) is 0 Å². The van der Waals surface area contributed by atoms with Gasteiger partial charge in [-0.1, -0.05) is 13.8 Å². The molecule has 2 aliphatic carbocycles. The molecule has 0 heterocycles. The highest BCUT2D eigenvalue weighted by Gasteiger charge is 2.67. The van der Waals surface area contributed by atoms with E-state index < -0.39 is 11.5 Å². The van der Waals surface area contributed by atoms with Gasteiger partial charge in [-0.15, -0.1) is 0 Å². The molecule has 0 saturated heterocycles. The van der Waals surface area contributed by atoms with Crippen molar-refractivity contribution in [2.24, 2.45) is 16.7 Å². The Bertz CT molecular complexity index is 298. The van der Waals surface area contributed by atoms with Crippen LogP contribution in [0.5, 0.6) is 0 Å². The van der Waals surface area contributed by atoms with E-state index in [0.717, 1.165) is 19.3 Å². The maximum atomic E-state index is 12.3. The van der Waals surface area contributed by atoms with E-state index in [1.54, 1.807) is 19.0 Å². The van der Waals surface area contributed by atoms with Gasteiger partial charge in [-0.2, -0.15) is 0 Å². The third-order valence-corrected chi connectivity index (χ3v) is 4.92. The quantitative estimate of drug-likeness (QED) is 0.709. The fourth-order valence-corrected chi connectivity index (χ4v) is 3.85. The number of hydrogen-bond donors (Lipinski definition) is 1. The van der Waals surface area contributed by atoms with E-state index in [2.05, 4.69) is 13.8 Å². The van der Waals surface area contributed by atoms with Gasteiger partial charge in [0, 0.05) is 14.1 Å². The number of rotatable bonds is 1. The van der Waals surface area contributed by atoms with Crippen LogP contribution in [-0.2, 0) is 4.79 Å². The summed E-state index contributed by atoms with van der Waals surface area (Å²) in [5.41, 5.74) is -0.561. The van der Waals surface area contributed by atoms with Crippen LogP contribution in [-0.4, -0.2) is 36.1 Å². The van der Waals surface area contributed by atoms with Crippen LogP contribution in [0.1, 0.15) is 33.1 Å². The number of nitrogens with zero attached hydrogens (tertiary/aromatic N) is 1. The van der Waals surface area contributed by atoms with Gasteiger partial charge in [0.1, 0.15) is 0 Å². The normalized spacial score (nSPS) is 41.9. The molecule has 0 spiro atoms. The van der Waals surface area contributed by atoms with Crippen molar-refractivity contribution in [3.05, 3.63) is 0 Å². The number of carbonyl (C=O) groups excluding carboxylic acids is 1. The first-order chi connectivity index (χ1) is 6.84. The Kier molecular flexibility index (Phi) is 2.16. The lowest BCUT2D eigenvalue weighted by molar-refractivity contribution is -0.151. The van der Waals surface area contributed by atoms with Crippen LogP contribution in [0.3, 0.4) is 0 Å². The van der Waals surface area contributed by atoms with Crippen molar-refractivity contribution in [2.75, 3.05) is 14.1 Å². The van der Waals surface area contributed by atoms with Crippen LogP contribution in [0.2, 0.25) is 0 Å². The summed E-state index contributed by atoms with van der Waals surface area (Å²) in [7, 11) is 3.57. The van der Waals surface area contributed by atoms with Crippen molar-refractivity contribution in [1.82, 2.24) is 4.90 Å². The fraction of sp³-hybridized carbons (Fsp3) is 0.917. The summed E-state index contributed by atoms with van der Waals surface area (Å²) in [5, 5.41) is 10.2. The first-order valence-electron chi connectivity index (χ1n) is 5.74. The molecule has 1 N–H and O–H groups in total. The van der Waals surface area contributed by atoms with Crippen molar-refractivity contribution in [1.29, 1.82) is 0 Å². The number of aliphatic hydroxyl groups excluding tert-OH is 1. The molecule has 2 rings (SSSR count). The Morgan fingerprint density at radius 3 is 2.33 bits per heavy atom. The highest BCUT2D eigenvalue weighted by atomic mass is 16.3. The molecule has 2 bridgehead atoms. The van der Waals surface area contributed by atoms with Crippen molar-refractivity contribution in [2.45, 2.75) is 39.2 Å². The molecular formula is C12H21NO2. The molecule has 3 atom stereocenters. The summed E-state index contributed by atoms with van der Waals surface area (Å²) in [6.07, 6.45) is 2.29. The van der Waals surface area contributed by atoms with E-state index in [0.29, 0.717) is 5.92 Å². The Hall–Kier alpha value is -0.570. The van der Waals surface area contributed by atoms with E-state index in [9.17, 15) is 9.90 Å². The van der Waals surface area contributed by atoms with Crippen molar-refractivity contribution >= 4 is 5.91 Å². The molecule has 0 radical (unpaired) electrons. The van der Waals surface area contributed by atoms with E-state index in [-0.39, 0.29) is 11.3 Å². The van der Waals surface area contributed by atoms with Gasteiger partial charge in [0.2, 0.25) is 5.91 Å². The largest absolute Gasteiger partial charge is 0.392 e. The van der Waals surface area contributed by atoms with Crippen LogP contribution in [0.15, 0.2) is 0 Å². The van der Waals surface area contributed by atoms with E-state index in [1.165, 1.54) is 0 Å². The Balaban J connectivity index is 2.44. The van der Waals surface area contributed by atoms with Gasteiger partial charge >= 0.3 is 0 Å². The van der Waals surface area contributed by atoms with Gasteiger partial charge in [0.05, 0.1) is 11.5 Å². The first-order valence-corrected chi connectivity index (χ1v) is 5.74. The summed E-state index contributed by atoms with van der Waals surface area (Å²) in [4.78, 5) is 14.0. The molecule has 0 aromatic rings. The minimum atomic E-state index is -0.513. The number of fused-ring (bicyclic) bond motifs is 2. The third kappa shape index (κ3) is 1.07. The Morgan fingerprint density at radius 2 is 2.00 bits per heavy atom. The van der Waals surface area contributed by atoms with Crippen molar-refractivity contribution in [3.63, 3.8) is 0 Å². The Labute approximate surface area is 91.5 Å². The zero-order chi connectivity index (χ0) is 11.4. The number of hydrogen-bond acceptors (Lipinski definition) is 2. The molecule has 86 valence electrons. The molecule has 3 heteroatoms. The predicted molar refractivity (Wildman–Crippen MR) is 58.3 cm³/mol. The topological polar surface area (TPSA) is 40.5 Å². The minimum Gasteiger partial charge on any atom is -0.392 e. The number of carbonyl (C=O) groups is 1. The molecule has 3 nitrogen and oxygen atoms in total. The number of aliphatic hydroxyl groups is 1. The average Bonchev–Trinajstić information content (AvgIpc) is 2.49. The van der Waals surface area contributed by atoms with Gasteiger partial charge in [0.15, 0.2) is 0 Å². The molecular weight excluding hydrogens is 190 g/mol. The zero-order valence-electron chi connectivity index (χ0n) is 10.1. The molecule has 2 fully saturated rings. The van der Waals surface area contributed by atoms with Crippen LogP contribution >= 0.6 is 0 Å². The minimum absolute atomic E-state index is 0.0478. The second-order valence-electron chi connectivity index (χ2n) is 5.88. The monoisotopic (exact) mass is 211 g/mol. The summed E-state index contributed by atoms with van der Waals surface area (Å²) < 4.78 is 0. The van der Waals surface area contributed by atoms with E-state index in [4.69, 9.17) is 0 Å². The van der Waals surface area contributed by atoms with Crippen LogP contribution in [0.4, 0.5) is 0 Å². The van der Waals surface area contributed by atoms with Gasteiger partial charge in [-0.05, 0) is 30.6 Å². The van der Waals surface area contributed by atoms with Crippen molar-refractivity contribution < 1.29 is 9.90 Å². The molecule has 2 saturated carbocycles. The van der Waals surface area contributed by atoms with Crippen LogP contribution < -0.4 is 0 Å². The van der Waals surface area contributed by atoms with E-state index >= 15 is 0 Å². The highest BCUT2D eigenvalue weighted by Crippen LogP contribution is 2.66. The van der Waals surface area contributed by atoms with Gasteiger partial charge in [-0.3, -0.25) is 4.79 Å². The highest BCUT2D eigenvalue weighted by molar-refractivity contribution is 5.85. The molecule has 0 aromatic carbocycles. The number of amides is 1. The smallest absolute Gasteiger partial charge is 0.231 e.